The molecular weight excluding hydrogens is 364 g/mol. The quantitative estimate of drug-likeness (QED) is 0.534. The Labute approximate surface area is 168 Å². The van der Waals surface area contributed by atoms with E-state index >= 15 is 0 Å². The maximum Gasteiger partial charge on any atom is 0.287 e. The highest BCUT2D eigenvalue weighted by Gasteiger charge is 2.21. The summed E-state index contributed by atoms with van der Waals surface area (Å²) in [6, 6.07) is 24.5. The average Bonchev–Trinajstić information content (AvgIpc) is 3.15. The molecule has 144 valence electrons. The van der Waals surface area contributed by atoms with Gasteiger partial charge in [-0.05, 0) is 36.2 Å². The molecule has 0 atom stereocenters. The number of hydrogen-bond donors (Lipinski definition) is 2. The number of para-hydroxylation sites is 1. The van der Waals surface area contributed by atoms with Crippen molar-refractivity contribution < 1.29 is 9.59 Å². The lowest BCUT2D eigenvalue weighted by Gasteiger charge is -2.04. The number of nitrogens with zero attached hydrogens (tertiary/aromatic N) is 2. The van der Waals surface area contributed by atoms with Gasteiger partial charge >= 0.3 is 0 Å². The Bertz CT molecular complexity index is 1140. The van der Waals surface area contributed by atoms with Crippen molar-refractivity contribution in [3.8, 4) is 0 Å². The number of carbonyl (C=O) groups is 2. The van der Waals surface area contributed by atoms with Crippen LogP contribution in [-0.2, 0) is 6.42 Å². The number of benzene rings is 2. The number of carbonyl (C=O) groups excluding carboxylic acids is 2. The van der Waals surface area contributed by atoms with Gasteiger partial charge in [0.15, 0.2) is 5.69 Å². The first-order chi connectivity index (χ1) is 14.2. The minimum atomic E-state index is -0.358. The predicted molar refractivity (Wildman–Crippen MR) is 112 cm³/mol. The van der Waals surface area contributed by atoms with Crippen LogP contribution in [0.4, 0.5) is 5.69 Å². The standard InChI is InChI=1S/C23H20N4O2/c28-22(25-18-11-5-2-6-12-18)20-19-13-7-8-16-27(19)21(26-20)23(29)24-15-14-17-9-3-1-4-10-17/h1-13,16H,14-15H2,(H,24,29)(H,25,28). The van der Waals surface area contributed by atoms with Crippen LogP contribution in [0.2, 0.25) is 0 Å². The number of pyridine rings is 1. The number of imidazole rings is 1. The predicted octanol–water partition coefficient (Wildman–Crippen LogP) is 3.56. The molecule has 4 aromatic rings. The van der Waals surface area contributed by atoms with Gasteiger partial charge in [0.05, 0.1) is 5.52 Å². The Morgan fingerprint density at radius 2 is 1.52 bits per heavy atom. The van der Waals surface area contributed by atoms with Crippen LogP contribution in [0.25, 0.3) is 5.52 Å². The number of amides is 2. The summed E-state index contributed by atoms with van der Waals surface area (Å²) in [5.74, 6) is -0.490. The Hall–Kier alpha value is -3.93. The molecule has 0 aliphatic heterocycles. The first kappa shape index (κ1) is 18.4. The highest BCUT2D eigenvalue weighted by atomic mass is 16.2. The van der Waals surface area contributed by atoms with Crippen molar-refractivity contribution in [3.63, 3.8) is 0 Å². The van der Waals surface area contributed by atoms with Crippen molar-refractivity contribution in [2.75, 3.05) is 11.9 Å². The van der Waals surface area contributed by atoms with Crippen molar-refractivity contribution in [1.29, 1.82) is 0 Å². The summed E-state index contributed by atoms with van der Waals surface area (Å²) in [4.78, 5) is 29.8. The zero-order valence-electron chi connectivity index (χ0n) is 15.7. The molecule has 0 saturated heterocycles. The SMILES string of the molecule is O=C(Nc1ccccc1)c1nc(C(=O)NCCc2ccccc2)n2ccccc12. The lowest BCUT2D eigenvalue weighted by Crippen LogP contribution is -2.27. The molecule has 0 aliphatic rings. The van der Waals surface area contributed by atoms with Crippen LogP contribution in [0.3, 0.4) is 0 Å². The van der Waals surface area contributed by atoms with E-state index in [1.54, 1.807) is 34.9 Å². The highest BCUT2D eigenvalue weighted by Crippen LogP contribution is 2.16. The minimum Gasteiger partial charge on any atom is -0.349 e. The molecule has 0 spiro atoms. The highest BCUT2D eigenvalue weighted by molar-refractivity contribution is 6.08. The summed E-state index contributed by atoms with van der Waals surface area (Å²) >= 11 is 0. The normalized spacial score (nSPS) is 10.6. The van der Waals surface area contributed by atoms with Crippen molar-refractivity contribution in [2.24, 2.45) is 0 Å². The van der Waals surface area contributed by atoms with Crippen molar-refractivity contribution in [1.82, 2.24) is 14.7 Å². The molecule has 2 aromatic carbocycles. The van der Waals surface area contributed by atoms with Gasteiger partial charge in [-0.1, -0.05) is 54.6 Å². The summed E-state index contributed by atoms with van der Waals surface area (Å²) in [6.07, 6.45) is 2.45. The number of aromatic nitrogens is 2. The fraction of sp³-hybridized carbons (Fsp3) is 0.0870. The Morgan fingerprint density at radius 3 is 2.28 bits per heavy atom. The van der Waals surface area contributed by atoms with Gasteiger partial charge in [0.2, 0.25) is 5.82 Å². The number of fused-ring (bicyclic) bond motifs is 1. The lowest BCUT2D eigenvalue weighted by atomic mass is 10.1. The zero-order valence-corrected chi connectivity index (χ0v) is 15.7. The van der Waals surface area contributed by atoms with Crippen molar-refractivity contribution >= 4 is 23.0 Å². The van der Waals surface area contributed by atoms with Crippen LogP contribution >= 0.6 is 0 Å². The number of nitrogens with one attached hydrogen (secondary N) is 2. The van der Waals surface area contributed by atoms with Gasteiger partial charge in [-0.2, -0.15) is 0 Å². The molecule has 2 amide bonds. The van der Waals surface area contributed by atoms with Gasteiger partial charge in [-0.25, -0.2) is 4.98 Å². The van der Waals surface area contributed by atoms with E-state index in [-0.39, 0.29) is 23.3 Å². The molecule has 0 fully saturated rings. The molecule has 0 radical (unpaired) electrons. The second kappa shape index (κ2) is 8.39. The van der Waals surface area contributed by atoms with Crippen molar-refractivity contribution in [3.05, 3.63) is 102 Å². The molecule has 6 nitrogen and oxygen atoms in total. The first-order valence-electron chi connectivity index (χ1n) is 9.38. The Morgan fingerprint density at radius 1 is 0.828 bits per heavy atom. The molecule has 0 aliphatic carbocycles. The van der Waals surface area contributed by atoms with E-state index in [4.69, 9.17) is 0 Å². The maximum atomic E-state index is 12.7. The van der Waals surface area contributed by atoms with Crippen molar-refractivity contribution in [2.45, 2.75) is 6.42 Å². The van der Waals surface area contributed by atoms with Gasteiger partial charge in [0.1, 0.15) is 0 Å². The van der Waals surface area contributed by atoms with E-state index in [9.17, 15) is 9.59 Å². The Balaban J connectivity index is 1.53. The topological polar surface area (TPSA) is 75.5 Å². The summed E-state index contributed by atoms with van der Waals surface area (Å²) < 4.78 is 1.64. The molecule has 2 heterocycles. The molecule has 4 rings (SSSR count). The van der Waals surface area contributed by atoms with Crippen LogP contribution in [0.5, 0.6) is 0 Å². The number of rotatable bonds is 6. The second-order valence-electron chi connectivity index (χ2n) is 6.55. The third-order valence-electron chi connectivity index (χ3n) is 4.54. The summed E-state index contributed by atoms with van der Waals surface area (Å²) in [5, 5.41) is 5.71. The summed E-state index contributed by atoms with van der Waals surface area (Å²) in [6.45, 7) is 0.482. The molecule has 0 bridgehead atoms. The fourth-order valence-electron chi connectivity index (χ4n) is 3.12. The zero-order chi connectivity index (χ0) is 20.1. The molecule has 0 saturated carbocycles. The second-order valence-corrected chi connectivity index (χ2v) is 6.55. The van der Waals surface area contributed by atoms with Gasteiger partial charge in [0.25, 0.3) is 11.8 Å². The van der Waals surface area contributed by atoms with E-state index < -0.39 is 0 Å². The van der Waals surface area contributed by atoms with Crippen LogP contribution in [0, 0.1) is 0 Å². The third-order valence-corrected chi connectivity index (χ3v) is 4.54. The van der Waals surface area contributed by atoms with E-state index in [1.165, 1.54) is 0 Å². The average molecular weight is 384 g/mol. The van der Waals surface area contributed by atoms with Gasteiger partial charge in [-0.15, -0.1) is 0 Å². The molecule has 6 heteroatoms. The smallest absolute Gasteiger partial charge is 0.287 e. The minimum absolute atomic E-state index is 0.187. The van der Waals surface area contributed by atoms with Crippen LogP contribution in [0.1, 0.15) is 26.7 Å². The largest absolute Gasteiger partial charge is 0.349 e. The molecular formula is C23H20N4O2. The summed E-state index contributed by atoms with van der Waals surface area (Å²) in [7, 11) is 0. The van der Waals surface area contributed by atoms with Crippen LogP contribution in [0.15, 0.2) is 85.1 Å². The van der Waals surface area contributed by atoms with E-state index in [0.717, 1.165) is 12.0 Å². The van der Waals surface area contributed by atoms with Gasteiger partial charge < -0.3 is 10.6 Å². The van der Waals surface area contributed by atoms with E-state index in [1.807, 2.05) is 54.6 Å². The van der Waals surface area contributed by atoms with Gasteiger partial charge in [0, 0.05) is 18.4 Å². The molecule has 2 N–H and O–H groups in total. The third kappa shape index (κ3) is 4.16. The maximum absolute atomic E-state index is 12.7. The Kier molecular flexibility index (Phi) is 5.33. The van der Waals surface area contributed by atoms with Gasteiger partial charge in [-0.3, -0.25) is 14.0 Å². The van der Waals surface area contributed by atoms with Crippen LogP contribution < -0.4 is 10.6 Å². The molecule has 2 aromatic heterocycles. The fourth-order valence-corrected chi connectivity index (χ4v) is 3.12. The summed E-state index contributed by atoms with van der Waals surface area (Å²) in [5.41, 5.74) is 2.60. The number of anilines is 1. The lowest BCUT2D eigenvalue weighted by molar-refractivity contribution is 0.0943. The van der Waals surface area contributed by atoms with E-state index in [2.05, 4.69) is 15.6 Å². The number of hydrogen-bond acceptors (Lipinski definition) is 3. The molecule has 29 heavy (non-hydrogen) atoms. The molecule has 0 unspecified atom stereocenters. The van der Waals surface area contributed by atoms with Crippen LogP contribution in [-0.4, -0.2) is 27.7 Å². The first-order valence-corrected chi connectivity index (χ1v) is 9.38. The monoisotopic (exact) mass is 384 g/mol. The van der Waals surface area contributed by atoms with E-state index in [0.29, 0.717) is 17.7 Å².